The van der Waals surface area contributed by atoms with Crippen molar-refractivity contribution in [3.05, 3.63) is 24.3 Å². The lowest BCUT2D eigenvalue weighted by Gasteiger charge is -2.35. The van der Waals surface area contributed by atoms with E-state index in [4.69, 9.17) is 9.47 Å². The fourth-order valence-electron chi connectivity index (χ4n) is 3.16. The third-order valence-electron chi connectivity index (χ3n) is 3.92. The second-order valence-electron chi connectivity index (χ2n) is 6.30. The van der Waals surface area contributed by atoms with Gasteiger partial charge in [-0.2, -0.15) is 0 Å². The Morgan fingerprint density at radius 3 is 2.29 bits per heavy atom. The molecule has 0 spiro atoms. The molecular weight excluding hydrogens is 266 g/mol. The highest BCUT2D eigenvalue weighted by Gasteiger charge is 2.23. The van der Waals surface area contributed by atoms with E-state index in [2.05, 4.69) is 18.7 Å². The number of likely N-dealkylation sites (tertiary alicyclic amines) is 1. The summed E-state index contributed by atoms with van der Waals surface area (Å²) in [4.78, 5) is 2.35. The van der Waals surface area contributed by atoms with Crippen molar-refractivity contribution in [3.63, 3.8) is 0 Å². The highest BCUT2D eigenvalue weighted by atomic mass is 16.5. The summed E-state index contributed by atoms with van der Waals surface area (Å²) in [6.07, 6.45) is 0.833. The fourth-order valence-corrected chi connectivity index (χ4v) is 3.16. The van der Waals surface area contributed by atoms with Crippen LogP contribution in [0.4, 0.5) is 0 Å². The van der Waals surface area contributed by atoms with Gasteiger partial charge in [0.25, 0.3) is 0 Å². The fraction of sp³-hybridized carbons (Fsp3) is 0.647. The molecule has 0 aromatic heterocycles. The molecule has 118 valence electrons. The van der Waals surface area contributed by atoms with Gasteiger partial charge in [0.15, 0.2) is 0 Å². The number of aliphatic hydroxyl groups is 1. The van der Waals surface area contributed by atoms with Gasteiger partial charge in [-0.1, -0.05) is 13.8 Å². The molecule has 1 aliphatic rings. The number of ether oxygens (including phenoxy) is 2. The summed E-state index contributed by atoms with van der Waals surface area (Å²) < 4.78 is 10.7. The van der Waals surface area contributed by atoms with Crippen LogP contribution >= 0.6 is 0 Å². The van der Waals surface area contributed by atoms with Crippen LogP contribution in [-0.2, 0) is 0 Å². The Balaban J connectivity index is 1.74. The van der Waals surface area contributed by atoms with Gasteiger partial charge in [-0.15, -0.1) is 0 Å². The average molecular weight is 293 g/mol. The summed E-state index contributed by atoms with van der Waals surface area (Å²) >= 11 is 0. The van der Waals surface area contributed by atoms with E-state index in [-0.39, 0.29) is 0 Å². The Morgan fingerprint density at radius 2 is 1.71 bits per heavy atom. The second-order valence-corrected chi connectivity index (χ2v) is 6.30. The van der Waals surface area contributed by atoms with E-state index in [1.54, 1.807) is 7.11 Å². The Kier molecular flexibility index (Phi) is 5.88. The molecule has 0 saturated carbocycles. The summed E-state index contributed by atoms with van der Waals surface area (Å²) in [5, 5.41) is 10.1. The molecule has 0 unspecified atom stereocenters. The standard InChI is InChI=1S/C17H27NO3/c1-13-8-14(2)10-18(9-13)11-15(19)12-21-17-6-4-16(20-3)5-7-17/h4-7,13-15,19H,8-12H2,1-3H3/t13-,14+,15-/m1/s1. The minimum Gasteiger partial charge on any atom is -0.497 e. The van der Waals surface area contributed by atoms with Gasteiger partial charge in [0.05, 0.1) is 7.11 Å². The molecule has 1 saturated heterocycles. The first-order valence-electron chi connectivity index (χ1n) is 7.74. The molecule has 0 bridgehead atoms. The second kappa shape index (κ2) is 7.66. The predicted molar refractivity (Wildman–Crippen MR) is 83.9 cm³/mol. The maximum Gasteiger partial charge on any atom is 0.119 e. The van der Waals surface area contributed by atoms with E-state index in [1.807, 2.05) is 24.3 Å². The van der Waals surface area contributed by atoms with Crippen LogP contribution in [0.2, 0.25) is 0 Å². The first kappa shape index (κ1) is 16.1. The zero-order valence-corrected chi connectivity index (χ0v) is 13.3. The van der Waals surface area contributed by atoms with Crippen LogP contribution in [0.1, 0.15) is 20.3 Å². The molecule has 1 aromatic carbocycles. The number of benzene rings is 1. The van der Waals surface area contributed by atoms with E-state index in [0.717, 1.165) is 24.6 Å². The van der Waals surface area contributed by atoms with Crippen molar-refractivity contribution in [3.8, 4) is 11.5 Å². The van der Waals surface area contributed by atoms with Crippen molar-refractivity contribution in [2.75, 3.05) is 33.4 Å². The minimum absolute atomic E-state index is 0.325. The Hall–Kier alpha value is -1.26. The van der Waals surface area contributed by atoms with Crippen LogP contribution in [0.3, 0.4) is 0 Å². The predicted octanol–water partition coefficient (Wildman–Crippen LogP) is 2.41. The summed E-state index contributed by atoms with van der Waals surface area (Å²) in [5.74, 6) is 2.99. The molecule has 1 aromatic rings. The van der Waals surface area contributed by atoms with E-state index < -0.39 is 6.10 Å². The molecule has 1 heterocycles. The van der Waals surface area contributed by atoms with Gasteiger partial charge in [0, 0.05) is 19.6 Å². The number of hydrogen-bond acceptors (Lipinski definition) is 4. The van der Waals surface area contributed by atoms with Gasteiger partial charge in [-0.3, -0.25) is 0 Å². The van der Waals surface area contributed by atoms with Crippen molar-refractivity contribution in [2.24, 2.45) is 11.8 Å². The number of β-amino-alcohol motifs (C(OH)–C–C–N with tert-alkyl or cyclic N) is 1. The SMILES string of the molecule is COc1ccc(OC[C@H](O)CN2C[C@H](C)C[C@H](C)C2)cc1. The summed E-state index contributed by atoms with van der Waals surface area (Å²) in [6.45, 7) is 7.72. The zero-order chi connectivity index (χ0) is 15.2. The average Bonchev–Trinajstić information content (AvgIpc) is 2.44. The summed E-state index contributed by atoms with van der Waals surface area (Å²) in [7, 11) is 1.64. The quantitative estimate of drug-likeness (QED) is 0.874. The van der Waals surface area contributed by atoms with E-state index in [9.17, 15) is 5.11 Å². The van der Waals surface area contributed by atoms with Gasteiger partial charge >= 0.3 is 0 Å². The van der Waals surface area contributed by atoms with E-state index in [1.165, 1.54) is 6.42 Å². The van der Waals surface area contributed by atoms with Gasteiger partial charge in [0.1, 0.15) is 24.2 Å². The molecule has 0 radical (unpaired) electrons. The highest BCUT2D eigenvalue weighted by Crippen LogP contribution is 2.21. The molecule has 2 rings (SSSR count). The van der Waals surface area contributed by atoms with Crippen LogP contribution in [0.15, 0.2) is 24.3 Å². The first-order chi connectivity index (χ1) is 10.1. The number of nitrogens with zero attached hydrogens (tertiary/aromatic N) is 1. The van der Waals surface area contributed by atoms with Gasteiger partial charge < -0.3 is 19.5 Å². The molecule has 1 fully saturated rings. The number of hydrogen-bond donors (Lipinski definition) is 1. The third kappa shape index (κ3) is 5.21. The van der Waals surface area contributed by atoms with Crippen molar-refractivity contribution in [2.45, 2.75) is 26.4 Å². The smallest absolute Gasteiger partial charge is 0.119 e. The van der Waals surface area contributed by atoms with Crippen molar-refractivity contribution >= 4 is 0 Å². The Morgan fingerprint density at radius 1 is 1.14 bits per heavy atom. The summed E-state index contributed by atoms with van der Waals surface area (Å²) in [6, 6.07) is 7.43. The maximum atomic E-state index is 10.1. The normalized spacial score (nSPS) is 24.6. The molecule has 0 amide bonds. The van der Waals surface area contributed by atoms with Crippen LogP contribution in [-0.4, -0.2) is 49.5 Å². The zero-order valence-electron chi connectivity index (χ0n) is 13.3. The topological polar surface area (TPSA) is 41.9 Å². The summed E-state index contributed by atoms with van der Waals surface area (Å²) in [5.41, 5.74) is 0. The van der Waals surface area contributed by atoms with Crippen molar-refractivity contribution in [1.82, 2.24) is 4.90 Å². The van der Waals surface area contributed by atoms with Crippen LogP contribution in [0, 0.1) is 11.8 Å². The molecule has 1 N–H and O–H groups in total. The van der Waals surface area contributed by atoms with Crippen LogP contribution in [0.25, 0.3) is 0 Å². The first-order valence-corrected chi connectivity index (χ1v) is 7.74. The van der Waals surface area contributed by atoms with Crippen molar-refractivity contribution in [1.29, 1.82) is 0 Å². The number of piperidine rings is 1. The number of aliphatic hydroxyl groups excluding tert-OH is 1. The molecule has 1 aliphatic heterocycles. The number of rotatable bonds is 6. The van der Waals surface area contributed by atoms with Crippen molar-refractivity contribution < 1.29 is 14.6 Å². The molecule has 4 heteroatoms. The Bertz CT molecular complexity index is 411. The molecule has 0 aliphatic carbocycles. The maximum absolute atomic E-state index is 10.1. The lowest BCUT2D eigenvalue weighted by molar-refractivity contribution is 0.0429. The van der Waals surface area contributed by atoms with E-state index in [0.29, 0.717) is 25.0 Å². The minimum atomic E-state index is -0.454. The third-order valence-corrected chi connectivity index (χ3v) is 3.92. The van der Waals surface area contributed by atoms with Crippen LogP contribution < -0.4 is 9.47 Å². The lowest BCUT2D eigenvalue weighted by Crippen LogP contribution is -2.43. The Labute approximate surface area is 127 Å². The lowest BCUT2D eigenvalue weighted by atomic mass is 9.92. The van der Waals surface area contributed by atoms with Gasteiger partial charge in [0.2, 0.25) is 0 Å². The number of methoxy groups -OCH3 is 1. The molecular formula is C17H27NO3. The van der Waals surface area contributed by atoms with Gasteiger partial charge in [-0.05, 0) is 42.5 Å². The monoisotopic (exact) mass is 293 g/mol. The largest absolute Gasteiger partial charge is 0.497 e. The van der Waals surface area contributed by atoms with E-state index >= 15 is 0 Å². The van der Waals surface area contributed by atoms with Gasteiger partial charge in [-0.25, -0.2) is 0 Å². The van der Waals surface area contributed by atoms with Crippen LogP contribution in [0.5, 0.6) is 11.5 Å². The molecule has 21 heavy (non-hydrogen) atoms. The highest BCUT2D eigenvalue weighted by molar-refractivity contribution is 5.31. The molecule has 4 nitrogen and oxygen atoms in total. The molecule has 3 atom stereocenters.